The first-order valence-electron chi connectivity index (χ1n) is 12.9. The van der Waals surface area contributed by atoms with Gasteiger partial charge in [-0.2, -0.15) is 0 Å². The van der Waals surface area contributed by atoms with Crippen molar-refractivity contribution in [3.05, 3.63) is 47.0 Å². The van der Waals surface area contributed by atoms with Gasteiger partial charge in [0.25, 0.3) is 0 Å². The zero-order valence-electron chi connectivity index (χ0n) is 24.9. The van der Waals surface area contributed by atoms with Gasteiger partial charge < -0.3 is 37.9 Å². The van der Waals surface area contributed by atoms with Crippen molar-refractivity contribution in [1.82, 2.24) is 0 Å². The zero-order valence-corrected chi connectivity index (χ0v) is 24.9. The molecular weight excluding hydrogens is 552 g/mol. The number of rotatable bonds is 11. The normalized spacial score (nSPS) is 16.9. The fourth-order valence-electron chi connectivity index (χ4n) is 5.76. The summed E-state index contributed by atoms with van der Waals surface area (Å²) >= 11 is 0. The number of hydrogen-bond acceptors (Lipinski definition) is 12. The van der Waals surface area contributed by atoms with Crippen LogP contribution in [0, 0.1) is 11.3 Å². The smallest absolute Gasteiger partial charge is 0.323 e. The highest BCUT2D eigenvalue weighted by molar-refractivity contribution is 6.02. The molecule has 0 amide bonds. The molecule has 0 bridgehead atoms. The Bertz CT molecular complexity index is 1300. The summed E-state index contributed by atoms with van der Waals surface area (Å²) in [6.45, 7) is 0. The second-order valence-corrected chi connectivity index (χ2v) is 9.55. The highest BCUT2D eigenvalue weighted by Crippen LogP contribution is 2.58. The first-order valence-corrected chi connectivity index (χ1v) is 12.9. The van der Waals surface area contributed by atoms with Gasteiger partial charge >= 0.3 is 23.9 Å². The Hall–Kier alpha value is -4.48. The van der Waals surface area contributed by atoms with Crippen molar-refractivity contribution in [2.24, 2.45) is 11.3 Å². The topological polar surface area (TPSA) is 142 Å². The lowest BCUT2D eigenvalue weighted by Gasteiger charge is -2.45. The van der Waals surface area contributed by atoms with E-state index in [1.165, 1.54) is 28.4 Å². The number of hydrogen-bond donors (Lipinski definition) is 0. The van der Waals surface area contributed by atoms with Crippen LogP contribution >= 0.6 is 0 Å². The highest BCUT2D eigenvalue weighted by Gasteiger charge is 2.60. The van der Waals surface area contributed by atoms with Crippen LogP contribution < -0.4 is 18.9 Å². The maximum absolute atomic E-state index is 13.8. The summed E-state index contributed by atoms with van der Waals surface area (Å²) in [6, 6.07) is 8.61. The average molecular weight is 589 g/mol. The Labute approximate surface area is 244 Å². The minimum Gasteiger partial charge on any atom is -0.493 e. The summed E-state index contributed by atoms with van der Waals surface area (Å²) in [5, 5.41) is 0. The van der Waals surface area contributed by atoms with Crippen LogP contribution in [0.15, 0.2) is 30.3 Å². The quantitative estimate of drug-likeness (QED) is 0.216. The molecule has 0 aromatic heterocycles. The Morgan fingerprint density at radius 2 is 1.14 bits per heavy atom. The molecule has 0 saturated heterocycles. The van der Waals surface area contributed by atoms with Gasteiger partial charge in [-0.15, -0.1) is 0 Å². The predicted octanol–water partition coefficient (Wildman–Crippen LogP) is 3.02. The van der Waals surface area contributed by atoms with Crippen molar-refractivity contribution >= 4 is 23.9 Å². The Kier molecular flexibility index (Phi) is 10.3. The second kappa shape index (κ2) is 13.5. The fourth-order valence-corrected chi connectivity index (χ4v) is 5.76. The molecule has 2 aromatic carbocycles. The summed E-state index contributed by atoms with van der Waals surface area (Å²) in [5.41, 5.74) is -0.239. The summed E-state index contributed by atoms with van der Waals surface area (Å²) in [6.07, 6.45) is -0.491. The van der Waals surface area contributed by atoms with Crippen LogP contribution in [0.5, 0.6) is 23.0 Å². The van der Waals surface area contributed by atoms with Crippen LogP contribution in [0.4, 0.5) is 0 Å². The highest BCUT2D eigenvalue weighted by atomic mass is 16.6. The van der Waals surface area contributed by atoms with E-state index in [1.54, 1.807) is 30.3 Å². The fraction of sp³-hybridized carbons (Fsp3) is 0.467. The molecule has 0 radical (unpaired) electrons. The number of fused-ring (bicyclic) bond motifs is 1. The average Bonchev–Trinajstić information content (AvgIpc) is 3.04. The monoisotopic (exact) mass is 588 g/mol. The largest absolute Gasteiger partial charge is 0.493 e. The zero-order chi connectivity index (χ0) is 31.2. The maximum atomic E-state index is 13.8. The van der Waals surface area contributed by atoms with E-state index < -0.39 is 47.0 Å². The predicted molar refractivity (Wildman–Crippen MR) is 147 cm³/mol. The van der Waals surface area contributed by atoms with E-state index >= 15 is 0 Å². The van der Waals surface area contributed by atoms with E-state index in [1.807, 2.05) is 0 Å². The molecule has 0 spiro atoms. The maximum Gasteiger partial charge on any atom is 0.323 e. The molecule has 1 aliphatic rings. The van der Waals surface area contributed by atoms with Crippen LogP contribution in [-0.4, -0.2) is 80.8 Å². The molecule has 0 fully saturated rings. The molecule has 2 aromatic rings. The van der Waals surface area contributed by atoms with Crippen LogP contribution in [0.1, 0.15) is 41.4 Å². The van der Waals surface area contributed by atoms with E-state index in [9.17, 15) is 19.2 Å². The minimum absolute atomic E-state index is 0.149. The van der Waals surface area contributed by atoms with Crippen LogP contribution in [0.3, 0.4) is 0 Å². The number of benzene rings is 2. The van der Waals surface area contributed by atoms with Gasteiger partial charge in [0.2, 0.25) is 0 Å². The van der Waals surface area contributed by atoms with Crippen molar-refractivity contribution in [2.45, 2.75) is 24.7 Å². The molecule has 0 saturated carbocycles. The van der Waals surface area contributed by atoms with Crippen LogP contribution in [0.25, 0.3) is 0 Å². The number of carbonyl (C=O) groups excluding carboxylic acids is 4. The van der Waals surface area contributed by atoms with E-state index in [0.717, 1.165) is 28.4 Å². The van der Waals surface area contributed by atoms with Crippen molar-refractivity contribution in [3.8, 4) is 23.0 Å². The third-order valence-corrected chi connectivity index (χ3v) is 7.81. The summed E-state index contributed by atoms with van der Waals surface area (Å²) in [4.78, 5) is 53.2. The van der Waals surface area contributed by atoms with E-state index in [2.05, 4.69) is 0 Å². The van der Waals surface area contributed by atoms with Gasteiger partial charge in [-0.05, 0) is 53.8 Å². The molecule has 12 nitrogen and oxygen atoms in total. The molecule has 0 heterocycles. The molecule has 42 heavy (non-hydrogen) atoms. The standard InChI is InChI=1S/C30H36O12/c1-35-22-10-9-16(11-23(22)36-2)20-15-30(28(33)41-7,29(34)42-8)21(12-19(26(31)39-5)27(32)40-6)18-14-25(38-4)24(37-3)13-17(18)20/h9-11,13-14,19-21H,12,15H2,1-8H3/t20-,21-/m1/s1. The van der Waals surface area contributed by atoms with Gasteiger partial charge in [0.1, 0.15) is 0 Å². The van der Waals surface area contributed by atoms with Crippen molar-refractivity contribution in [1.29, 1.82) is 0 Å². The molecule has 0 N–H and O–H groups in total. The van der Waals surface area contributed by atoms with Crippen LogP contribution in [-0.2, 0) is 38.1 Å². The molecule has 228 valence electrons. The lowest BCUT2D eigenvalue weighted by atomic mass is 9.57. The van der Waals surface area contributed by atoms with Crippen LogP contribution in [0.2, 0.25) is 0 Å². The summed E-state index contributed by atoms with van der Waals surface area (Å²) in [5.74, 6) is -5.22. The van der Waals surface area contributed by atoms with Gasteiger partial charge in [-0.1, -0.05) is 6.07 Å². The van der Waals surface area contributed by atoms with E-state index in [0.29, 0.717) is 39.7 Å². The number of carbonyl (C=O) groups is 4. The molecule has 12 heteroatoms. The third kappa shape index (κ3) is 5.53. The molecular formula is C30H36O12. The van der Waals surface area contributed by atoms with Gasteiger partial charge in [0.15, 0.2) is 34.3 Å². The molecule has 3 rings (SSSR count). The SMILES string of the molecule is COC(=O)C(C[C@@H]1c2cc(OC)c(OC)cc2[C@@H](c2ccc(OC)c(OC)c2)CC1(C(=O)OC)C(=O)OC)C(=O)OC. The molecule has 0 unspecified atom stereocenters. The second-order valence-electron chi connectivity index (χ2n) is 9.55. The minimum atomic E-state index is -2.01. The third-order valence-electron chi connectivity index (χ3n) is 7.81. The van der Waals surface area contributed by atoms with Crippen molar-refractivity contribution < 1.29 is 57.1 Å². The van der Waals surface area contributed by atoms with E-state index in [-0.39, 0.29) is 12.8 Å². The summed E-state index contributed by atoms with van der Waals surface area (Å²) < 4.78 is 42.3. The van der Waals surface area contributed by atoms with Gasteiger partial charge in [-0.3, -0.25) is 19.2 Å². The van der Waals surface area contributed by atoms with Gasteiger partial charge in [0, 0.05) is 11.8 Å². The first kappa shape index (κ1) is 32.0. The first-order chi connectivity index (χ1) is 20.1. The Morgan fingerprint density at radius 1 is 0.667 bits per heavy atom. The number of ether oxygens (including phenoxy) is 8. The molecule has 2 atom stereocenters. The lowest BCUT2D eigenvalue weighted by Crippen LogP contribution is -2.51. The Balaban J connectivity index is 2.46. The van der Waals surface area contributed by atoms with Gasteiger partial charge in [0.05, 0.1) is 56.9 Å². The van der Waals surface area contributed by atoms with Gasteiger partial charge in [-0.25, -0.2) is 0 Å². The summed E-state index contributed by atoms with van der Waals surface area (Å²) in [7, 11) is 10.5. The van der Waals surface area contributed by atoms with Crippen molar-refractivity contribution in [2.75, 3.05) is 56.9 Å². The molecule has 1 aliphatic carbocycles. The lowest BCUT2D eigenvalue weighted by molar-refractivity contribution is -0.175. The van der Waals surface area contributed by atoms with E-state index in [4.69, 9.17) is 37.9 Å². The molecule has 0 aliphatic heterocycles. The number of methoxy groups -OCH3 is 8. The number of esters is 4. The Morgan fingerprint density at radius 3 is 1.60 bits per heavy atom. The van der Waals surface area contributed by atoms with Crippen molar-refractivity contribution in [3.63, 3.8) is 0 Å².